The minimum atomic E-state index is -0.194. The second-order valence-corrected chi connectivity index (χ2v) is 2.70. The summed E-state index contributed by atoms with van der Waals surface area (Å²) in [6.07, 6.45) is 9.02. The third-order valence-electron chi connectivity index (χ3n) is 1.75. The first-order valence-electron chi connectivity index (χ1n) is 3.84. The van der Waals surface area contributed by atoms with E-state index < -0.39 is 0 Å². The molecule has 10 heavy (non-hydrogen) atoms. The van der Waals surface area contributed by atoms with Gasteiger partial charge in [0.2, 0.25) is 0 Å². The zero-order valence-corrected chi connectivity index (χ0v) is 6.38. The van der Waals surface area contributed by atoms with Gasteiger partial charge in [0.1, 0.15) is 0 Å². The van der Waals surface area contributed by atoms with E-state index in [0.29, 0.717) is 0 Å². The molecule has 0 heterocycles. The highest BCUT2D eigenvalue weighted by Gasteiger charge is 2.07. The van der Waals surface area contributed by atoms with Crippen LogP contribution in [0.5, 0.6) is 0 Å². The average Bonchev–Trinajstić information content (AvgIpc) is 1.88. The monoisotopic (exact) mass is 138 g/mol. The minimum absolute atomic E-state index is 0.194. The Morgan fingerprint density at radius 2 is 2.50 bits per heavy atom. The van der Waals surface area contributed by atoms with Gasteiger partial charge in [0.25, 0.3) is 0 Å². The zero-order valence-electron chi connectivity index (χ0n) is 6.38. The number of hydrogen-bond donors (Lipinski definition) is 1. The molecule has 0 saturated heterocycles. The van der Waals surface area contributed by atoms with Crippen LogP contribution < -0.4 is 0 Å². The lowest BCUT2D eigenvalue weighted by atomic mass is 9.97. The van der Waals surface area contributed by atoms with Crippen molar-refractivity contribution in [2.75, 3.05) is 0 Å². The third-order valence-corrected chi connectivity index (χ3v) is 1.75. The van der Waals surface area contributed by atoms with Gasteiger partial charge >= 0.3 is 0 Å². The van der Waals surface area contributed by atoms with Crippen molar-refractivity contribution in [1.29, 1.82) is 0 Å². The third kappa shape index (κ3) is 1.99. The summed E-state index contributed by atoms with van der Waals surface area (Å²) in [7, 11) is 0. The van der Waals surface area contributed by atoms with Gasteiger partial charge in [-0.3, -0.25) is 0 Å². The minimum Gasteiger partial charge on any atom is -0.389 e. The van der Waals surface area contributed by atoms with Crippen molar-refractivity contribution in [1.82, 2.24) is 0 Å². The van der Waals surface area contributed by atoms with Crippen LogP contribution in [0, 0.1) is 0 Å². The number of allylic oxidation sites excluding steroid dienone is 3. The van der Waals surface area contributed by atoms with E-state index in [1.807, 2.05) is 19.1 Å². The second kappa shape index (κ2) is 3.57. The summed E-state index contributed by atoms with van der Waals surface area (Å²) in [6.45, 7) is 2.00. The maximum absolute atomic E-state index is 9.20. The van der Waals surface area contributed by atoms with E-state index in [1.54, 1.807) is 0 Å². The molecule has 1 aliphatic rings. The van der Waals surface area contributed by atoms with Gasteiger partial charge in [0.15, 0.2) is 0 Å². The molecule has 0 spiro atoms. The van der Waals surface area contributed by atoms with Gasteiger partial charge in [-0.2, -0.15) is 0 Å². The molecule has 0 aromatic rings. The highest BCUT2D eigenvalue weighted by atomic mass is 16.3. The summed E-state index contributed by atoms with van der Waals surface area (Å²) in [5.41, 5.74) is 1.28. The fraction of sp³-hybridized carbons (Fsp3) is 0.556. The maximum atomic E-state index is 9.20. The zero-order chi connectivity index (χ0) is 7.40. The Morgan fingerprint density at radius 3 is 3.10 bits per heavy atom. The van der Waals surface area contributed by atoms with Crippen molar-refractivity contribution in [3.63, 3.8) is 0 Å². The summed E-state index contributed by atoms with van der Waals surface area (Å²) >= 11 is 0. The summed E-state index contributed by atoms with van der Waals surface area (Å²) in [5, 5.41) is 9.20. The number of aliphatic hydroxyl groups excluding tert-OH is 1. The van der Waals surface area contributed by atoms with Crippen LogP contribution in [0.4, 0.5) is 0 Å². The molecule has 56 valence electrons. The number of hydrogen-bond acceptors (Lipinski definition) is 1. The quantitative estimate of drug-likeness (QED) is 0.588. The fourth-order valence-electron chi connectivity index (χ4n) is 1.28. The molecule has 1 heteroatoms. The summed E-state index contributed by atoms with van der Waals surface area (Å²) < 4.78 is 0. The van der Waals surface area contributed by atoms with Crippen molar-refractivity contribution < 1.29 is 5.11 Å². The summed E-state index contributed by atoms with van der Waals surface area (Å²) in [6, 6.07) is 0. The van der Waals surface area contributed by atoms with Crippen LogP contribution in [0.3, 0.4) is 0 Å². The molecule has 0 fully saturated rings. The highest BCUT2D eigenvalue weighted by Crippen LogP contribution is 2.18. The van der Waals surface area contributed by atoms with Gasteiger partial charge in [-0.15, -0.1) is 0 Å². The lowest BCUT2D eigenvalue weighted by molar-refractivity contribution is 0.203. The van der Waals surface area contributed by atoms with Crippen molar-refractivity contribution in [3.05, 3.63) is 23.8 Å². The van der Waals surface area contributed by atoms with E-state index >= 15 is 0 Å². The molecule has 0 amide bonds. The van der Waals surface area contributed by atoms with Crippen LogP contribution in [0.1, 0.15) is 26.2 Å². The number of aliphatic hydroxyl groups is 1. The molecule has 1 aliphatic carbocycles. The number of rotatable bonds is 1. The predicted octanol–water partition coefficient (Wildman–Crippen LogP) is 2.03. The summed E-state index contributed by atoms with van der Waals surface area (Å²) in [5.74, 6) is 0. The Kier molecular flexibility index (Phi) is 2.69. The molecule has 0 bridgehead atoms. The van der Waals surface area contributed by atoms with Crippen LogP contribution in [-0.4, -0.2) is 11.2 Å². The van der Waals surface area contributed by atoms with E-state index in [-0.39, 0.29) is 6.10 Å². The smallest absolute Gasteiger partial charge is 0.0726 e. The Labute approximate surface area is 62.1 Å². The van der Waals surface area contributed by atoms with E-state index in [4.69, 9.17) is 0 Å². The molecule has 0 aliphatic heterocycles. The largest absolute Gasteiger partial charge is 0.389 e. The van der Waals surface area contributed by atoms with Gasteiger partial charge in [-0.1, -0.05) is 18.2 Å². The van der Waals surface area contributed by atoms with Gasteiger partial charge in [-0.05, 0) is 31.8 Å². The van der Waals surface area contributed by atoms with Gasteiger partial charge in [0.05, 0.1) is 6.10 Å². The van der Waals surface area contributed by atoms with Gasteiger partial charge in [-0.25, -0.2) is 0 Å². The van der Waals surface area contributed by atoms with E-state index in [9.17, 15) is 5.11 Å². The molecule has 1 nitrogen and oxygen atoms in total. The summed E-state index contributed by atoms with van der Waals surface area (Å²) in [4.78, 5) is 0. The van der Waals surface area contributed by atoms with Crippen molar-refractivity contribution in [2.24, 2.45) is 0 Å². The fourth-order valence-corrected chi connectivity index (χ4v) is 1.28. The molecule has 0 aromatic carbocycles. The SMILES string of the molecule is C/C=C/C1=C[C@@H](O)CCC1. The van der Waals surface area contributed by atoms with Crippen LogP contribution in [-0.2, 0) is 0 Å². The lowest BCUT2D eigenvalue weighted by Crippen LogP contribution is -2.07. The maximum Gasteiger partial charge on any atom is 0.0726 e. The van der Waals surface area contributed by atoms with E-state index in [1.165, 1.54) is 5.57 Å². The second-order valence-electron chi connectivity index (χ2n) is 2.70. The van der Waals surface area contributed by atoms with E-state index in [0.717, 1.165) is 19.3 Å². The van der Waals surface area contributed by atoms with Gasteiger partial charge < -0.3 is 5.11 Å². The van der Waals surface area contributed by atoms with Crippen molar-refractivity contribution in [2.45, 2.75) is 32.3 Å². The molecule has 0 radical (unpaired) electrons. The predicted molar refractivity (Wildman–Crippen MR) is 42.8 cm³/mol. The molecule has 1 atom stereocenters. The van der Waals surface area contributed by atoms with Crippen molar-refractivity contribution in [3.8, 4) is 0 Å². The van der Waals surface area contributed by atoms with E-state index in [2.05, 4.69) is 6.08 Å². The van der Waals surface area contributed by atoms with Crippen LogP contribution >= 0.6 is 0 Å². The Bertz CT molecular complexity index is 156. The van der Waals surface area contributed by atoms with Crippen LogP contribution in [0.15, 0.2) is 23.8 Å². The molecule has 1 N–H and O–H groups in total. The average molecular weight is 138 g/mol. The Balaban J connectivity index is 2.57. The van der Waals surface area contributed by atoms with Crippen molar-refractivity contribution >= 4 is 0 Å². The first-order chi connectivity index (χ1) is 4.83. The first-order valence-corrected chi connectivity index (χ1v) is 3.84. The van der Waals surface area contributed by atoms with Crippen LogP contribution in [0.25, 0.3) is 0 Å². The molecule has 0 saturated carbocycles. The topological polar surface area (TPSA) is 20.2 Å². The normalized spacial score (nSPS) is 27.0. The first kappa shape index (κ1) is 7.55. The molecule has 0 unspecified atom stereocenters. The Morgan fingerprint density at radius 1 is 1.70 bits per heavy atom. The Hall–Kier alpha value is -0.560. The molecule has 1 rings (SSSR count). The lowest BCUT2D eigenvalue weighted by Gasteiger charge is -2.13. The van der Waals surface area contributed by atoms with Gasteiger partial charge in [0, 0.05) is 0 Å². The highest BCUT2D eigenvalue weighted by molar-refractivity contribution is 5.21. The molecule has 0 aromatic heterocycles. The standard InChI is InChI=1S/C9H14O/c1-2-4-8-5-3-6-9(10)7-8/h2,4,7,9-10H,3,5-6H2,1H3/b4-2+/t9-/m0/s1. The van der Waals surface area contributed by atoms with Crippen LogP contribution in [0.2, 0.25) is 0 Å². The molecular formula is C9H14O. The molecular weight excluding hydrogens is 124 g/mol.